The highest BCUT2D eigenvalue weighted by atomic mass is 16.5. The fourth-order valence-corrected chi connectivity index (χ4v) is 1.27. The number of nitrogens with zero attached hydrogens (tertiary/aromatic N) is 1. The summed E-state index contributed by atoms with van der Waals surface area (Å²) in [4.78, 5) is 0. The zero-order valence-electron chi connectivity index (χ0n) is 10.0. The first kappa shape index (κ1) is 13.3. The highest BCUT2D eigenvalue weighted by molar-refractivity contribution is 5.39. The van der Waals surface area contributed by atoms with Gasteiger partial charge in [0.05, 0.1) is 32.3 Å². The number of para-hydroxylation sites is 2. The van der Waals surface area contributed by atoms with Gasteiger partial charge in [-0.2, -0.15) is 5.26 Å². The fraction of sp³-hybridized carbons (Fsp3) is 0.462. The molecule has 1 rings (SSSR count). The van der Waals surface area contributed by atoms with Gasteiger partial charge in [0.15, 0.2) is 11.5 Å². The predicted molar refractivity (Wildman–Crippen MR) is 64.2 cm³/mol. The molecule has 4 heteroatoms. The van der Waals surface area contributed by atoms with Gasteiger partial charge in [0.2, 0.25) is 0 Å². The van der Waals surface area contributed by atoms with E-state index in [1.165, 1.54) is 0 Å². The molecule has 4 nitrogen and oxygen atoms in total. The van der Waals surface area contributed by atoms with E-state index >= 15 is 0 Å². The Balaban J connectivity index is 2.28. The largest absolute Gasteiger partial charge is 0.490 e. The van der Waals surface area contributed by atoms with Gasteiger partial charge in [-0.15, -0.1) is 0 Å². The van der Waals surface area contributed by atoms with Crippen LogP contribution >= 0.6 is 0 Å². The van der Waals surface area contributed by atoms with E-state index in [4.69, 9.17) is 19.5 Å². The van der Waals surface area contributed by atoms with E-state index in [-0.39, 0.29) is 0 Å². The zero-order valence-corrected chi connectivity index (χ0v) is 10.0. The highest BCUT2D eigenvalue weighted by Crippen LogP contribution is 2.26. The number of hydrogen-bond acceptors (Lipinski definition) is 4. The van der Waals surface area contributed by atoms with Gasteiger partial charge < -0.3 is 14.2 Å². The van der Waals surface area contributed by atoms with Gasteiger partial charge in [-0.05, 0) is 19.1 Å². The molecule has 0 amide bonds. The molecule has 0 saturated carbocycles. The van der Waals surface area contributed by atoms with Crippen molar-refractivity contribution in [2.75, 3.05) is 26.4 Å². The summed E-state index contributed by atoms with van der Waals surface area (Å²) in [7, 11) is 0. The third kappa shape index (κ3) is 5.23. The summed E-state index contributed by atoms with van der Waals surface area (Å²) in [6.45, 7) is 3.92. The van der Waals surface area contributed by atoms with Crippen LogP contribution in [0.2, 0.25) is 0 Å². The van der Waals surface area contributed by atoms with E-state index in [2.05, 4.69) is 0 Å². The summed E-state index contributed by atoms with van der Waals surface area (Å²) in [5.41, 5.74) is 0. The van der Waals surface area contributed by atoms with E-state index in [0.29, 0.717) is 32.8 Å². The average Bonchev–Trinajstić information content (AvgIpc) is 2.36. The van der Waals surface area contributed by atoms with Crippen molar-refractivity contribution in [1.29, 1.82) is 5.26 Å². The summed E-state index contributed by atoms with van der Waals surface area (Å²) < 4.78 is 16.2. The molecule has 0 N–H and O–H groups in total. The molecule has 1 aromatic carbocycles. The Kier molecular flexibility index (Phi) is 6.61. The van der Waals surface area contributed by atoms with Crippen LogP contribution in [0.1, 0.15) is 13.3 Å². The molecule has 0 aliphatic heterocycles. The molecule has 0 radical (unpaired) electrons. The zero-order chi connectivity index (χ0) is 12.3. The number of nitriles is 1. The van der Waals surface area contributed by atoms with E-state index in [1.54, 1.807) is 0 Å². The number of hydrogen-bond donors (Lipinski definition) is 0. The Labute approximate surface area is 102 Å². The van der Waals surface area contributed by atoms with Crippen molar-refractivity contribution in [3.8, 4) is 17.6 Å². The Morgan fingerprint density at radius 2 is 1.76 bits per heavy atom. The van der Waals surface area contributed by atoms with Crippen molar-refractivity contribution in [2.24, 2.45) is 0 Å². The van der Waals surface area contributed by atoms with Crippen LogP contribution in [0.4, 0.5) is 0 Å². The summed E-state index contributed by atoms with van der Waals surface area (Å²) >= 11 is 0. The van der Waals surface area contributed by atoms with E-state index in [0.717, 1.165) is 11.5 Å². The monoisotopic (exact) mass is 235 g/mol. The number of rotatable bonds is 8. The van der Waals surface area contributed by atoms with Gasteiger partial charge in [-0.25, -0.2) is 0 Å². The first-order valence-corrected chi connectivity index (χ1v) is 5.67. The molecule has 0 unspecified atom stereocenters. The fourth-order valence-electron chi connectivity index (χ4n) is 1.27. The molecular formula is C13H17NO3. The Morgan fingerprint density at radius 1 is 1.06 bits per heavy atom. The summed E-state index contributed by atoms with van der Waals surface area (Å²) in [6.07, 6.45) is 0.412. The molecule has 0 saturated heterocycles. The lowest BCUT2D eigenvalue weighted by molar-refractivity contribution is 0.103. The van der Waals surface area contributed by atoms with Gasteiger partial charge in [0, 0.05) is 0 Å². The second-order valence-corrected chi connectivity index (χ2v) is 3.25. The van der Waals surface area contributed by atoms with Crippen molar-refractivity contribution in [3.05, 3.63) is 24.3 Å². The second kappa shape index (κ2) is 8.43. The standard InChI is InChI=1S/C13H17NO3/c1-2-16-12-6-3-4-7-13(12)17-11-10-15-9-5-8-14/h3-4,6-7H,2,5,9-11H2,1H3. The molecule has 0 aromatic heterocycles. The molecular weight excluding hydrogens is 218 g/mol. The lowest BCUT2D eigenvalue weighted by atomic mass is 10.3. The number of ether oxygens (including phenoxy) is 3. The van der Waals surface area contributed by atoms with Gasteiger partial charge in [0.25, 0.3) is 0 Å². The van der Waals surface area contributed by atoms with Crippen LogP contribution in [0.25, 0.3) is 0 Å². The van der Waals surface area contributed by atoms with Crippen LogP contribution in [-0.4, -0.2) is 26.4 Å². The van der Waals surface area contributed by atoms with E-state index < -0.39 is 0 Å². The second-order valence-electron chi connectivity index (χ2n) is 3.25. The minimum atomic E-state index is 0.412. The van der Waals surface area contributed by atoms with Crippen molar-refractivity contribution in [1.82, 2.24) is 0 Å². The average molecular weight is 235 g/mol. The Morgan fingerprint density at radius 3 is 2.41 bits per heavy atom. The summed E-state index contributed by atoms with van der Waals surface area (Å²) in [6, 6.07) is 9.55. The van der Waals surface area contributed by atoms with Crippen molar-refractivity contribution in [2.45, 2.75) is 13.3 Å². The van der Waals surface area contributed by atoms with Gasteiger partial charge in [0.1, 0.15) is 6.61 Å². The van der Waals surface area contributed by atoms with Crippen LogP contribution in [0, 0.1) is 11.3 Å². The van der Waals surface area contributed by atoms with Gasteiger partial charge in [-0.3, -0.25) is 0 Å². The molecule has 0 aliphatic rings. The quantitative estimate of drug-likeness (QED) is 0.649. The maximum absolute atomic E-state index is 8.32. The van der Waals surface area contributed by atoms with Crippen molar-refractivity contribution < 1.29 is 14.2 Å². The topological polar surface area (TPSA) is 51.5 Å². The van der Waals surface area contributed by atoms with Gasteiger partial charge in [-0.1, -0.05) is 12.1 Å². The van der Waals surface area contributed by atoms with E-state index in [1.807, 2.05) is 37.3 Å². The van der Waals surface area contributed by atoms with Crippen LogP contribution in [0.15, 0.2) is 24.3 Å². The maximum Gasteiger partial charge on any atom is 0.161 e. The van der Waals surface area contributed by atoms with Crippen LogP contribution in [0.5, 0.6) is 11.5 Å². The normalized spacial score (nSPS) is 9.65. The Hall–Kier alpha value is -1.73. The lowest BCUT2D eigenvalue weighted by Gasteiger charge is -2.11. The third-order valence-corrected chi connectivity index (χ3v) is 1.99. The van der Waals surface area contributed by atoms with Crippen LogP contribution in [0.3, 0.4) is 0 Å². The minimum Gasteiger partial charge on any atom is -0.490 e. The number of benzene rings is 1. The molecule has 92 valence electrons. The van der Waals surface area contributed by atoms with Crippen LogP contribution < -0.4 is 9.47 Å². The molecule has 1 aromatic rings. The van der Waals surface area contributed by atoms with Gasteiger partial charge >= 0.3 is 0 Å². The maximum atomic E-state index is 8.32. The first-order valence-electron chi connectivity index (χ1n) is 5.67. The van der Waals surface area contributed by atoms with Crippen LogP contribution in [-0.2, 0) is 4.74 Å². The molecule has 17 heavy (non-hydrogen) atoms. The third-order valence-electron chi connectivity index (χ3n) is 1.99. The molecule has 0 heterocycles. The molecule has 0 aliphatic carbocycles. The van der Waals surface area contributed by atoms with Crippen molar-refractivity contribution in [3.63, 3.8) is 0 Å². The molecule has 0 bridgehead atoms. The Bertz CT molecular complexity index is 360. The predicted octanol–water partition coefficient (Wildman–Crippen LogP) is 2.39. The molecule has 0 atom stereocenters. The van der Waals surface area contributed by atoms with Crippen molar-refractivity contribution >= 4 is 0 Å². The lowest BCUT2D eigenvalue weighted by Crippen LogP contribution is -2.08. The highest BCUT2D eigenvalue weighted by Gasteiger charge is 2.02. The summed E-state index contributed by atoms with van der Waals surface area (Å²) in [5, 5.41) is 8.32. The smallest absolute Gasteiger partial charge is 0.161 e. The SMILES string of the molecule is CCOc1ccccc1OCCOCCC#N. The minimum absolute atomic E-state index is 0.412. The summed E-state index contributed by atoms with van der Waals surface area (Å²) in [5.74, 6) is 1.46. The van der Waals surface area contributed by atoms with E-state index in [9.17, 15) is 0 Å². The molecule has 0 fully saturated rings. The first-order chi connectivity index (χ1) is 8.38. The molecule has 0 spiro atoms.